The fourth-order valence-corrected chi connectivity index (χ4v) is 1.69. The van der Waals surface area contributed by atoms with Gasteiger partial charge in [0.25, 0.3) is 0 Å². The van der Waals surface area contributed by atoms with Gasteiger partial charge in [-0.1, -0.05) is 11.6 Å². The van der Waals surface area contributed by atoms with Crippen molar-refractivity contribution in [3.63, 3.8) is 0 Å². The Bertz CT molecular complexity index is 501. The first-order valence-corrected chi connectivity index (χ1v) is 4.59. The Kier molecular flexibility index (Phi) is 2.39. The highest BCUT2D eigenvalue weighted by Gasteiger charge is 2.12. The molecule has 2 aromatic rings. The van der Waals surface area contributed by atoms with Crippen LogP contribution in [-0.4, -0.2) is 20.5 Å². The molecular formula is C7H3ClFN3OS. The molecule has 0 saturated carbocycles. The summed E-state index contributed by atoms with van der Waals surface area (Å²) in [5.74, 6) is 0. The van der Waals surface area contributed by atoms with E-state index < -0.39 is 0 Å². The summed E-state index contributed by atoms with van der Waals surface area (Å²) in [7, 11) is 0. The average molecular weight is 232 g/mol. The van der Waals surface area contributed by atoms with Gasteiger partial charge in [0.1, 0.15) is 5.15 Å². The summed E-state index contributed by atoms with van der Waals surface area (Å²) in [6, 6.07) is 0. The maximum absolute atomic E-state index is 12.4. The van der Waals surface area contributed by atoms with Gasteiger partial charge in [-0.15, -0.1) is 3.89 Å². The van der Waals surface area contributed by atoms with Gasteiger partial charge in [-0.2, -0.15) is 9.19 Å². The van der Waals surface area contributed by atoms with Crippen LogP contribution in [0.4, 0.5) is 3.89 Å². The molecular weight excluding hydrogens is 229 g/mol. The van der Waals surface area contributed by atoms with E-state index in [9.17, 15) is 8.68 Å². The molecule has 0 fully saturated rings. The maximum Gasteiger partial charge on any atom is 0.188 e. The number of carbonyl (C=O) groups is 1. The Balaban J connectivity index is 2.88. The smallest absolute Gasteiger partial charge is 0.188 e. The highest BCUT2D eigenvalue weighted by molar-refractivity contribution is 7.92. The van der Waals surface area contributed by atoms with Crippen LogP contribution in [0.1, 0.15) is 10.4 Å². The van der Waals surface area contributed by atoms with Gasteiger partial charge in [0.2, 0.25) is 0 Å². The molecule has 2 heterocycles. The number of fused-ring (bicyclic) bond motifs is 1. The summed E-state index contributed by atoms with van der Waals surface area (Å²) in [5.41, 5.74) is 0.597. The van der Waals surface area contributed by atoms with E-state index in [2.05, 4.69) is 10.1 Å². The molecule has 0 amide bonds. The quantitative estimate of drug-likeness (QED) is 0.588. The molecule has 0 spiro atoms. The summed E-state index contributed by atoms with van der Waals surface area (Å²) in [4.78, 5) is 14.4. The van der Waals surface area contributed by atoms with Gasteiger partial charge in [0.15, 0.2) is 18.6 Å². The topological polar surface area (TPSA) is 47.8 Å². The predicted molar refractivity (Wildman–Crippen MR) is 52.0 cm³/mol. The molecule has 0 aliphatic carbocycles. The highest BCUT2D eigenvalue weighted by Crippen LogP contribution is 2.26. The zero-order chi connectivity index (χ0) is 10.1. The third-order valence-corrected chi connectivity index (χ3v) is 2.45. The van der Waals surface area contributed by atoms with Crippen LogP contribution in [0.5, 0.6) is 0 Å². The lowest BCUT2D eigenvalue weighted by Gasteiger charge is -1.98. The van der Waals surface area contributed by atoms with Crippen LogP contribution in [0.25, 0.3) is 10.9 Å². The number of hydrogen-bond acceptors (Lipinski definition) is 4. The predicted octanol–water partition coefficient (Wildman–Crippen LogP) is 2.28. The van der Waals surface area contributed by atoms with Crippen LogP contribution >= 0.6 is 23.9 Å². The average Bonchev–Trinajstić information content (AvgIpc) is 2.63. The van der Waals surface area contributed by atoms with E-state index >= 15 is 0 Å². The number of rotatable bonds is 2. The molecule has 0 atom stereocenters. The number of hydrogen-bond donors (Lipinski definition) is 0. The van der Waals surface area contributed by atoms with Gasteiger partial charge in [0, 0.05) is 6.20 Å². The second-order valence-corrected chi connectivity index (χ2v) is 3.31. The molecule has 7 heteroatoms. The number of nitrogens with zero attached hydrogens (tertiary/aromatic N) is 3. The molecule has 0 unspecified atom stereocenters. The minimum absolute atomic E-state index is 0.0966. The van der Waals surface area contributed by atoms with Gasteiger partial charge in [-0.3, -0.25) is 4.79 Å². The van der Waals surface area contributed by atoms with E-state index in [1.54, 1.807) is 0 Å². The zero-order valence-electron chi connectivity index (χ0n) is 6.65. The minimum Gasteiger partial charge on any atom is -0.298 e. The SMILES string of the molecule is O=Cc1cnc(Cl)c2cnn(SF)c12. The first kappa shape index (κ1) is 9.42. The van der Waals surface area contributed by atoms with Crippen molar-refractivity contribution in [1.29, 1.82) is 0 Å². The summed E-state index contributed by atoms with van der Waals surface area (Å²) in [6.07, 6.45) is 3.23. The number of aldehydes is 1. The largest absolute Gasteiger partial charge is 0.298 e. The highest BCUT2D eigenvalue weighted by atomic mass is 35.5. The van der Waals surface area contributed by atoms with E-state index in [-0.39, 0.29) is 23.1 Å². The molecule has 0 radical (unpaired) electrons. The molecule has 2 rings (SSSR count). The normalized spacial score (nSPS) is 10.7. The number of pyridine rings is 1. The van der Waals surface area contributed by atoms with Crippen LogP contribution in [-0.2, 0) is 0 Å². The summed E-state index contributed by atoms with van der Waals surface area (Å²) < 4.78 is 13.4. The zero-order valence-corrected chi connectivity index (χ0v) is 8.22. The lowest BCUT2D eigenvalue weighted by molar-refractivity contribution is 0.112. The Morgan fingerprint density at radius 1 is 1.57 bits per heavy atom. The van der Waals surface area contributed by atoms with Crippen molar-refractivity contribution in [2.75, 3.05) is 0 Å². The molecule has 14 heavy (non-hydrogen) atoms. The fraction of sp³-hybridized carbons (Fsp3) is 0. The van der Waals surface area contributed by atoms with E-state index in [1.165, 1.54) is 12.4 Å². The molecule has 0 aromatic carbocycles. The first-order valence-electron chi connectivity index (χ1n) is 3.54. The monoisotopic (exact) mass is 231 g/mol. The van der Waals surface area contributed by atoms with Crippen LogP contribution in [0.3, 0.4) is 0 Å². The Hall–Kier alpha value is -1.14. The van der Waals surface area contributed by atoms with E-state index in [4.69, 9.17) is 11.6 Å². The third-order valence-electron chi connectivity index (χ3n) is 1.74. The minimum atomic E-state index is -0.0966. The van der Waals surface area contributed by atoms with Gasteiger partial charge in [-0.25, -0.2) is 4.98 Å². The Morgan fingerprint density at radius 3 is 3.00 bits per heavy atom. The lowest BCUT2D eigenvalue weighted by Crippen LogP contribution is -1.92. The van der Waals surface area contributed by atoms with Crippen molar-refractivity contribution < 1.29 is 8.68 Å². The van der Waals surface area contributed by atoms with E-state index in [0.717, 1.165) is 4.09 Å². The van der Waals surface area contributed by atoms with Crippen LogP contribution in [0.15, 0.2) is 12.4 Å². The molecule has 0 N–H and O–H groups in total. The van der Waals surface area contributed by atoms with Crippen LogP contribution in [0, 0.1) is 0 Å². The van der Waals surface area contributed by atoms with Crippen molar-refractivity contribution >= 4 is 41.1 Å². The molecule has 0 aliphatic rings. The van der Waals surface area contributed by atoms with Gasteiger partial charge < -0.3 is 0 Å². The number of aromatic nitrogens is 3. The van der Waals surface area contributed by atoms with Gasteiger partial charge >= 0.3 is 0 Å². The van der Waals surface area contributed by atoms with Crippen molar-refractivity contribution in [3.05, 3.63) is 23.1 Å². The summed E-state index contributed by atoms with van der Waals surface area (Å²) in [6.45, 7) is 0. The van der Waals surface area contributed by atoms with Crippen LogP contribution in [0.2, 0.25) is 5.15 Å². The molecule has 4 nitrogen and oxygen atoms in total. The van der Waals surface area contributed by atoms with Crippen molar-refractivity contribution in [1.82, 2.24) is 14.2 Å². The van der Waals surface area contributed by atoms with Crippen molar-refractivity contribution in [2.24, 2.45) is 0 Å². The molecule has 0 saturated heterocycles. The van der Waals surface area contributed by atoms with E-state index in [0.29, 0.717) is 17.2 Å². The number of halogens is 2. The second-order valence-electron chi connectivity index (χ2n) is 2.47. The maximum atomic E-state index is 12.4. The van der Waals surface area contributed by atoms with Gasteiger partial charge in [-0.05, 0) is 0 Å². The van der Waals surface area contributed by atoms with Gasteiger partial charge in [0.05, 0.1) is 22.7 Å². The standard InChI is InChI=1S/C7H3ClFN3OS/c8-7-5-2-11-12(14-9)6(5)4(3-13)1-10-7/h1-3H. The molecule has 0 aliphatic heterocycles. The number of carbonyl (C=O) groups excluding carboxylic acids is 1. The lowest BCUT2D eigenvalue weighted by atomic mass is 10.2. The Morgan fingerprint density at radius 2 is 2.36 bits per heavy atom. The van der Waals surface area contributed by atoms with Crippen molar-refractivity contribution in [3.8, 4) is 0 Å². The third kappa shape index (κ3) is 1.27. The van der Waals surface area contributed by atoms with Crippen LogP contribution < -0.4 is 0 Å². The van der Waals surface area contributed by atoms with Crippen molar-refractivity contribution in [2.45, 2.75) is 0 Å². The summed E-state index contributed by atoms with van der Waals surface area (Å²) >= 11 is 5.65. The Labute approximate surface area is 87.5 Å². The molecule has 0 bridgehead atoms. The molecule has 2 aromatic heterocycles. The summed E-state index contributed by atoms with van der Waals surface area (Å²) in [5, 5.41) is 4.36. The van der Waals surface area contributed by atoms with E-state index in [1.807, 2.05) is 0 Å². The second kappa shape index (κ2) is 3.55. The first-order chi connectivity index (χ1) is 6.77. The molecule has 72 valence electrons. The fourth-order valence-electron chi connectivity index (χ4n) is 1.14.